The van der Waals surface area contributed by atoms with Crippen molar-refractivity contribution >= 4 is 6.09 Å². The highest BCUT2D eigenvalue weighted by Crippen LogP contribution is 2.24. The first-order valence-electron chi connectivity index (χ1n) is 6.14. The SMILES string of the molecule is O=C(OCc1ccccc1)N1CC[C@@H](OC(F)(F)F)C1. The van der Waals surface area contributed by atoms with Gasteiger partial charge in [-0.2, -0.15) is 0 Å². The molecule has 0 radical (unpaired) electrons. The first kappa shape index (κ1) is 14.6. The van der Waals surface area contributed by atoms with Crippen LogP contribution in [-0.4, -0.2) is 36.5 Å². The molecule has 0 unspecified atom stereocenters. The summed E-state index contributed by atoms with van der Waals surface area (Å²) in [4.78, 5) is 12.9. The number of carbonyl (C=O) groups excluding carboxylic acids is 1. The van der Waals surface area contributed by atoms with E-state index < -0.39 is 18.6 Å². The van der Waals surface area contributed by atoms with Crippen molar-refractivity contribution in [3.8, 4) is 0 Å². The number of carbonyl (C=O) groups is 1. The van der Waals surface area contributed by atoms with Crippen molar-refractivity contribution in [1.82, 2.24) is 4.90 Å². The molecule has 20 heavy (non-hydrogen) atoms. The maximum atomic E-state index is 12.0. The van der Waals surface area contributed by atoms with Gasteiger partial charge < -0.3 is 9.64 Å². The van der Waals surface area contributed by atoms with Gasteiger partial charge in [-0.15, -0.1) is 13.2 Å². The molecule has 2 rings (SSSR count). The molecule has 1 aliphatic heterocycles. The smallest absolute Gasteiger partial charge is 0.445 e. The van der Waals surface area contributed by atoms with Crippen LogP contribution >= 0.6 is 0 Å². The first-order chi connectivity index (χ1) is 9.44. The third kappa shape index (κ3) is 4.41. The summed E-state index contributed by atoms with van der Waals surface area (Å²) in [6, 6.07) is 9.06. The van der Waals surface area contributed by atoms with Gasteiger partial charge >= 0.3 is 12.5 Å². The molecule has 1 atom stereocenters. The highest BCUT2D eigenvalue weighted by molar-refractivity contribution is 5.68. The quantitative estimate of drug-likeness (QED) is 0.858. The van der Waals surface area contributed by atoms with Gasteiger partial charge in [0.1, 0.15) is 6.61 Å². The number of hydrogen-bond donors (Lipinski definition) is 0. The van der Waals surface area contributed by atoms with Crippen LogP contribution in [0.25, 0.3) is 0 Å². The fourth-order valence-electron chi connectivity index (χ4n) is 1.99. The van der Waals surface area contributed by atoms with Gasteiger partial charge in [0.2, 0.25) is 0 Å². The zero-order chi connectivity index (χ0) is 14.6. The second-order valence-corrected chi connectivity index (χ2v) is 4.46. The van der Waals surface area contributed by atoms with Gasteiger partial charge in [0, 0.05) is 6.54 Å². The van der Waals surface area contributed by atoms with E-state index in [0.29, 0.717) is 0 Å². The zero-order valence-corrected chi connectivity index (χ0v) is 10.6. The summed E-state index contributed by atoms with van der Waals surface area (Å²) < 4.78 is 45.1. The molecule has 1 saturated heterocycles. The van der Waals surface area contributed by atoms with E-state index in [1.807, 2.05) is 18.2 Å². The van der Waals surface area contributed by atoms with Crippen molar-refractivity contribution in [2.24, 2.45) is 0 Å². The molecule has 0 aliphatic carbocycles. The Bertz CT molecular complexity index is 450. The molecule has 4 nitrogen and oxygen atoms in total. The normalized spacial score (nSPS) is 19.1. The first-order valence-corrected chi connectivity index (χ1v) is 6.14. The van der Waals surface area contributed by atoms with E-state index in [0.717, 1.165) is 5.56 Å². The molecule has 110 valence electrons. The molecule has 1 aromatic carbocycles. The minimum absolute atomic E-state index is 0.0982. The van der Waals surface area contributed by atoms with E-state index in [2.05, 4.69) is 4.74 Å². The number of hydrogen-bond acceptors (Lipinski definition) is 3. The number of alkyl halides is 3. The third-order valence-electron chi connectivity index (χ3n) is 2.91. The molecule has 1 fully saturated rings. The Morgan fingerprint density at radius 1 is 1.30 bits per heavy atom. The Hall–Kier alpha value is -1.76. The van der Waals surface area contributed by atoms with Gasteiger partial charge in [-0.3, -0.25) is 4.74 Å². The number of nitrogens with zero attached hydrogens (tertiary/aromatic N) is 1. The van der Waals surface area contributed by atoms with Crippen LogP contribution < -0.4 is 0 Å². The number of rotatable bonds is 3. The summed E-state index contributed by atoms with van der Waals surface area (Å²) in [5.41, 5.74) is 0.822. The molecule has 0 saturated carbocycles. The highest BCUT2D eigenvalue weighted by Gasteiger charge is 2.38. The van der Waals surface area contributed by atoms with E-state index in [1.54, 1.807) is 12.1 Å². The third-order valence-corrected chi connectivity index (χ3v) is 2.91. The summed E-state index contributed by atoms with van der Waals surface area (Å²) in [6.45, 7) is 0.197. The number of likely N-dealkylation sites (tertiary alicyclic amines) is 1. The molecule has 1 aliphatic rings. The van der Waals surface area contributed by atoms with Crippen LogP contribution in [0.15, 0.2) is 30.3 Å². The number of amides is 1. The van der Waals surface area contributed by atoms with Crippen LogP contribution in [0.4, 0.5) is 18.0 Å². The van der Waals surface area contributed by atoms with Crippen molar-refractivity contribution in [3.63, 3.8) is 0 Å². The largest absolute Gasteiger partial charge is 0.522 e. The lowest BCUT2D eigenvalue weighted by Crippen LogP contribution is -2.32. The fourth-order valence-corrected chi connectivity index (χ4v) is 1.99. The molecular formula is C13H14F3NO3. The Labute approximate surface area is 114 Å². The van der Waals surface area contributed by atoms with Crippen molar-refractivity contribution in [3.05, 3.63) is 35.9 Å². The van der Waals surface area contributed by atoms with Crippen LogP contribution in [0.2, 0.25) is 0 Å². The molecule has 1 amide bonds. The summed E-state index contributed by atoms with van der Waals surface area (Å²) in [7, 11) is 0. The standard InChI is InChI=1S/C13H14F3NO3/c14-13(15,16)20-11-6-7-17(8-11)12(18)19-9-10-4-2-1-3-5-10/h1-5,11H,6-9H2/t11-/m1/s1. The predicted molar refractivity (Wildman–Crippen MR) is 63.7 cm³/mol. The van der Waals surface area contributed by atoms with Crippen LogP contribution in [0.3, 0.4) is 0 Å². The number of halogens is 3. The minimum atomic E-state index is -4.67. The summed E-state index contributed by atoms with van der Waals surface area (Å²) in [6.07, 6.45) is -6.16. The molecule has 0 aromatic heterocycles. The van der Waals surface area contributed by atoms with Crippen LogP contribution in [-0.2, 0) is 16.1 Å². The van der Waals surface area contributed by atoms with Crippen molar-refractivity contribution in [2.45, 2.75) is 25.5 Å². The van der Waals surface area contributed by atoms with Crippen molar-refractivity contribution in [2.75, 3.05) is 13.1 Å². The van der Waals surface area contributed by atoms with Crippen molar-refractivity contribution < 1.29 is 27.4 Å². The van der Waals surface area contributed by atoms with Gasteiger partial charge in [0.15, 0.2) is 0 Å². The van der Waals surface area contributed by atoms with Gasteiger partial charge in [0.25, 0.3) is 0 Å². The minimum Gasteiger partial charge on any atom is -0.445 e. The van der Waals surface area contributed by atoms with Gasteiger partial charge in [0.05, 0.1) is 12.6 Å². The van der Waals surface area contributed by atoms with E-state index in [4.69, 9.17) is 4.74 Å². The summed E-state index contributed by atoms with van der Waals surface area (Å²) in [5.74, 6) is 0. The Morgan fingerprint density at radius 2 is 2.00 bits per heavy atom. The second-order valence-electron chi connectivity index (χ2n) is 4.46. The summed E-state index contributed by atoms with van der Waals surface area (Å²) in [5, 5.41) is 0. The predicted octanol–water partition coefficient (Wildman–Crippen LogP) is 2.93. The zero-order valence-electron chi connectivity index (χ0n) is 10.6. The maximum absolute atomic E-state index is 12.0. The molecular weight excluding hydrogens is 275 g/mol. The van der Waals surface area contributed by atoms with E-state index >= 15 is 0 Å². The Balaban J connectivity index is 1.77. The van der Waals surface area contributed by atoms with E-state index in [9.17, 15) is 18.0 Å². The second kappa shape index (κ2) is 6.13. The average Bonchev–Trinajstić information content (AvgIpc) is 2.83. The topological polar surface area (TPSA) is 38.8 Å². The van der Waals surface area contributed by atoms with Crippen LogP contribution in [0.5, 0.6) is 0 Å². The lowest BCUT2D eigenvalue weighted by atomic mass is 10.2. The van der Waals surface area contributed by atoms with Crippen molar-refractivity contribution in [1.29, 1.82) is 0 Å². The lowest BCUT2D eigenvalue weighted by molar-refractivity contribution is -0.340. The number of ether oxygens (including phenoxy) is 2. The highest BCUT2D eigenvalue weighted by atomic mass is 19.4. The fraction of sp³-hybridized carbons (Fsp3) is 0.462. The molecule has 0 N–H and O–H groups in total. The van der Waals surface area contributed by atoms with Gasteiger partial charge in [-0.25, -0.2) is 4.79 Å². The van der Waals surface area contributed by atoms with E-state index in [-0.39, 0.29) is 26.1 Å². The summed E-state index contributed by atoms with van der Waals surface area (Å²) >= 11 is 0. The van der Waals surface area contributed by atoms with E-state index in [1.165, 1.54) is 4.90 Å². The molecule has 7 heteroatoms. The molecule has 0 spiro atoms. The number of benzene rings is 1. The van der Waals surface area contributed by atoms with Gasteiger partial charge in [-0.05, 0) is 12.0 Å². The van der Waals surface area contributed by atoms with Crippen LogP contribution in [0, 0.1) is 0 Å². The molecule has 0 bridgehead atoms. The van der Waals surface area contributed by atoms with Crippen LogP contribution in [0.1, 0.15) is 12.0 Å². The monoisotopic (exact) mass is 289 g/mol. The maximum Gasteiger partial charge on any atom is 0.522 e. The van der Waals surface area contributed by atoms with Gasteiger partial charge in [-0.1, -0.05) is 30.3 Å². The lowest BCUT2D eigenvalue weighted by Gasteiger charge is -2.17. The average molecular weight is 289 g/mol. The molecule has 1 heterocycles. The molecule has 1 aromatic rings. The Kier molecular flexibility index (Phi) is 4.49. The Morgan fingerprint density at radius 3 is 2.65 bits per heavy atom.